The van der Waals surface area contributed by atoms with Crippen molar-refractivity contribution in [3.8, 4) is 0 Å². The fourth-order valence-corrected chi connectivity index (χ4v) is 3.11. The van der Waals surface area contributed by atoms with Crippen LogP contribution in [0.15, 0.2) is 35.6 Å². The standard InChI is InChI=1S/C21H26N4O4S/c1-6-29-18(27)15-11-23-20(25-17(15)22)30-12(2)16(26)13-7-9-14(10-8-13)24-19(28)21(3,4)5/h7-12H,6H2,1-5H3,(H,24,28)(H2,22,23,25)/t12-/m1/s1. The molecule has 1 atom stereocenters. The van der Waals surface area contributed by atoms with E-state index in [0.717, 1.165) is 11.8 Å². The van der Waals surface area contributed by atoms with Gasteiger partial charge in [-0.15, -0.1) is 0 Å². The molecule has 1 amide bonds. The van der Waals surface area contributed by atoms with Crippen LogP contribution in [0, 0.1) is 5.41 Å². The highest BCUT2D eigenvalue weighted by Crippen LogP contribution is 2.25. The Morgan fingerprint density at radius 3 is 2.37 bits per heavy atom. The Balaban J connectivity index is 2.04. The van der Waals surface area contributed by atoms with Crippen molar-refractivity contribution in [1.29, 1.82) is 0 Å². The number of ketones is 1. The van der Waals surface area contributed by atoms with E-state index in [1.54, 1.807) is 38.1 Å². The Bertz CT molecular complexity index is 939. The molecular weight excluding hydrogens is 404 g/mol. The largest absolute Gasteiger partial charge is 0.462 e. The van der Waals surface area contributed by atoms with Crippen molar-refractivity contribution in [2.75, 3.05) is 17.7 Å². The maximum atomic E-state index is 12.7. The Labute approximate surface area is 180 Å². The summed E-state index contributed by atoms with van der Waals surface area (Å²) in [4.78, 5) is 44.7. The van der Waals surface area contributed by atoms with E-state index in [-0.39, 0.29) is 34.8 Å². The lowest BCUT2D eigenvalue weighted by molar-refractivity contribution is -0.123. The van der Waals surface area contributed by atoms with Crippen LogP contribution in [-0.2, 0) is 9.53 Å². The van der Waals surface area contributed by atoms with Gasteiger partial charge < -0.3 is 15.8 Å². The summed E-state index contributed by atoms with van der Waals surface area (Å²) in [5, 5.41) is 2.63. The number of hydrogen-bond acceptors (Lipinski definition) is 8. The molecule has 0 saturated carbocycles. The molecule has 3 N–H and O–H groups in total. The second kappa shape index (κ2) is 9.71. The van der Waals surface area contributed by atoms with Crippen LogP contribution in [-0.4, -0.2) is 39.5 Å². The second-order valence-electron chi connectivity index (χ2n) is 7.58. The van der Waals surface area contributed by atoms with Crippen LogP contribution >= 0.6 is 11.8 Å². The molecule has 0 fully saturated rings. The first-order valence-corrected chi connectivity index (χ1v) is 10.3. The summed E-state index contributed by atoms with van der Waals surface area (Å²) in [6, 6.07) is 6.71. The van der Waals surface area contributed by atoms with E-state index >= 15 is 0 Å². The van der Waals surface area contributed by atoms with Crippen molar-refractivity contribution in [3.05, 3.63) is 41.6 Å². The van der Waals surface area contributed by atoms with Crippen LogP contribution in [0.3, 0.4) is 0 Å². The predicted molar refractivity (Wildman–Crippen MR) is 117 cm³/mol. The maximum absolute atomic E-state index is 12.7. The van der Waals surface area contributed by atoms with E-state index in [9.17, 15) is 14.4 Å². The average molecular weight is 431 g/mol. The number of ether oxygens (including phenoxy) is 1. The van der Waals surface area contributed by atoms with E-state index in [0.29, 0.717) is 11.3 Å². The van der Waals surface area contributed by atoms with Crippen LogP contribution < -0.4 is 11.1 Å². The van der Waals surface area contributed by atoms with Crippen molar-refractivity contribution < 1.29 is 19.1 Å². The smallest absolute Gasteiger partial charge is 0.343 e. The van der Waals surface area contributed by atoms with E-state index in [2.05, 4.69) is 15.3 Å². The Kier molecular flexibility index (Phi) is 7.55. The van der Waals surface area contributed by atoms with Crippen LogP contribution in [0.2, 0.25) is 0 Å². The number of Topliss-reactive ketones (excluding diaryl/α,β-unsaturated/α-hetero) is 1. The van der Waals surface area contributed by atoms with Gasteiger partial charge in [-0.3, -0.25) is 9.59 Å². The molecular formula is C21H26N4O4S. The quantitative estimate of drug-likeness (QED) is 0.296. The monoisotopic (exact) mass is 430 g/mol. The maximum Gasteiger partial charge on any atom is 0.343 e. The van der Waals surface area contributed by atoms with E-state index < -0.39 is 16.6 Å². The van der Waals surface area contributed by atoms with Crippen molar-refractivity contribution >= 4 is 40.9 Å². The molecule has 1 aromatic carbocycles. The number of nitrogen functional groups attached to an aromatic ring is 1. The van der Waals surface area contributed by atoms with Gasteiger partial charge in [0.15, 0.2) is 10.9 Å². The van der Waals surface area contributed by atoms with Gasteiger partial charge in [0.1, 0.15) is 11.4 Å². The number of nitrogens with one attached hydrogen (secondary N) is 1. The Morgan fingerprint density at radius 1 is 1.20 bits per heavy atom. The van der Waals surface area contributed by atoms with Crippen molar-refractivity contribution in [3.63, 3.8) is 0 Å². The van der Waals surface area contributed by atoms with Crippen molar-refractivity contribution in [2.24, 2.45) is 5.41 Å². The molecule has 0 saturated heterocycles. The number of esters is 1. The number of hydrogen-bond donors (Lipinski definition) is 2. The van der Waals surface area contributed by atoms with Crippen molar-refractivity contribution in [1.82, 2.24) is 9.97 Å². The first-order valence-electron chi connectivity index (χ1n) is 9.45. The number of carbonyl (C=O) groups is 3. The lowest BCUT2D eigenvalue weighted by Gasteiger charge is -2.17. The van der Waals surface area contributed by atoms with Gasteiger partial charge in [0.05, 0.1) is 11.9 Å². The van der Waals surface area contributed by atoms with E-state index in [1.165, 1.54) is 6.20 Å². The average Bonchev–Trinajstić information content (AvgIpc) is 2.67. The molecule has 0 spiro atoms. The highest BCUT2D eigenvalue weighted by molar-refractivity contribution is 8.00. The molecule has 30 heavy (non-hydrogen) atoms. The van der Waals surface area contributed by atoms with Gasteiger partial charge in [-0.1, -0.05) is 32.5 Å². The summed E-state index contributed by atoms with van der Waals surface area (Å²) in [5.41, 5.74) is 6.52. The second-order valence-corrected chi connectivity index (χ2v) is 8.89. The first kappa shape index (κ1) is 23.3. The van der Waals surface area contributed by atoms with Crippen LogP contribution in [0.1, 0.15) is 55.3 Å². The molecule has 0 unspecified atom stereocenters. The minimum atomic E-state index is -0.589. The van der Waals surface area contributed by atoms with Gasteiger partial charge in [0.2, 0.25) is 5.91 Å². The van der Waals surface area contributed by atoms with Gasteiger partial charge >= 0.3 is 5.97 Å². The number of nitrogens with zero attached hydrogens (tertiary/aromatic N) is 2. The number of benzene rings is 1. The number of amides is 1. The van der Waals surface area contributed by atoms with Crippen molar-refractivity contribution in [2.45, 2.75) is 45.0 Å². The van der Waals surface area contributed by atoms with Gasteiger partial charge in [-0.25, -0.2) is 14.8 Å². The zero-order valence-corrected chi connectivity index (χ0v) is 18.5. The normalized spacial score (nSPS) is 12.2. The lowest BCUT2D eigenvalue weighted by atomic mass is 9.95. The minimum absolute atomic E-state index is 0.00421. The zero-order chi connectivity index (χ0) is 22.5. The Morgan fingerprint density at radius 2 is 1.83 bits per heavy atom. The number of carbonyl (C=O) groups excluding carboxylic acids is 3. The molecule has 9 heteroatoms. The summed E-state index contributed by atoms with van der Waals surface area (Å²) < 4.78 is 4.89. The van der Waals surface area contributed by atoms with Crippen LogP contribution in [0.25, 0.3) is 0 Å². The highest BCUT2D eigenvalue weighted by Gasteiger charge is 2.22. The van der Waals surface area contributed by atoms with Gasteiger partial charge in [0.25, 0.3) is 0 Å². The number of rotatable bonds is 7. The van der Waals surface area contributed by atoms with Crippen LogP contribution in [0.5, 0.6) is 0 Å². The number of aromatic nitrogens is 2. The number of anilines is 2. The molecule has 1 aromatic heterocycles. The molecule has 2 aromatic rings. The molecule has 0 radical (unpaired) electrons. The summed E-state index contributed by atoms with van der Waals surface area (Å²) in [7, 11) is 0. The molecule has 0 aliphatic carbocycles. The molecule has 0 aliphatic heterocycles. The third-order valence-corrected chi connectivity index (χ3v) is 5.03. The van der Waals surface area contributed by atoms with Gasteiger partial charge in [0, 0.05) is 22.9 Å². The number of thioether (sulfide) groups is 1. The molecule has 1 heterocycles. The molecule has 0 aliphatic rings. The summed E-state index contributed by atoms with van der Waals surface area (Å²) in [6.07, 6.45) is 1.30. The highest BCUT2D eigenvalue weighted by atomic mass is 32.2. The summed E-state index contributed by atoms with van der Waals surface area (Å²) in [5.74, 6) is -0.810. The molecule has 2 rings (SSSR count). The van der Waals surface area contributed by atoms with Crippen LogP contribution in [0.4, 0.5) is 11.5 Å². The molecule has 8 nitrogen and oxygen atoms in total. The summed E-state index contributed by atoms with van der Waals surface area (Å²) in [6.45, 7) is 9.13. The fraction of sp³-hybridized carbons (Fsp3) is 0.381. The topological polar surface area (TPSA) is 124 Å². The first-order chi connectivity index (χ1) is 14.0. The fourth-order valence-electron chi connectivity index (χ4n) is 2.28. The summed E-state index contributed by atoms with van der Waals surface area (Å²) >= 11 is 1.14. The van der Waals surface area contributed by atoms with Gasteiger partial charge in [-0.2, -0.15) is 0 Å². The lowest BCUT2D eigenvalue weighted by Crippen LogP contribution is -2.27. The molecule has 0 bridgehead atoms. The number of nitrogens with two attached hydrogens (primary N) is 1. The third-order valence-electron chi connectivity index (χ3n) is 4.05. The van der Waals surface area contributed by atoms with Gasteiger partial charge in [-0.05, 0) is 38.1 Å². The third kappa shape index (κ3) is 6.03. The van der Waals surface area contributed by atoms with E-state index in [1.807, 2.05) is 20.8 Å². The predicted octanol–water partition coefficient (Wildman–Crippen LogP) is 3.58. The SMILES string of the molecule is CCOC(=O)c1cnc(S[C@H](C)C(=O)c2ccc(NC(=O)C(C)(C)C)cc2)nc1N. The minimum Gasteiger partial charge on any atom is -0.462 e. The Hall–Kier alpha value is -2.94. The molecule has 160 valence electrons. The zero-order valence-electron chi connectivity index (χ0n) is 17.7. The van der Waals surface area contributed by atoms with E-state index in [4.69, 9.17) is 10.5 Å².